The third-order valence-electron chi connectivity index (χ3n) is 4.12. The molecule has 2 aliphatic rings. The Hall–Kier alpha value is -1.14. The van der Waals surface area contributed by atoms with E-state index in [4.69, 9.17) is 14.9 Å². The van der Waals surface area contributed by atoms with Crippen LogP contribution in [0.4, 0.5) is 0 Å². The van der Waals surface area contributed by atoms with Gasteiger partial charge >= 0.3 is 5.97 Å². The summed E-state index contributed by atoms with van der Waals surface area (Å²) in [6.07, 6.45) is 1.33. The Morgan fingerprint density at radius 1 is 1.32 bits per heavy atom. The van der Waals surface area contributed by atoms with E-state index in [1.54, 1.807) is 4.90 Å². The Morgan fingerprint density at radius 3 is 2.58 bits per heavy atom. The second kappa shape index (κ2) is 5.88. The summed E-state index contributed by atoms with van der Waals surface area (Å²) in [4.78, 5) is 25.1. The fourth-order valence-corrected chi connectivity index (χ4v) is 2.90. The molecule has 2 rings (SSSR count). The maximum absolute atomic E-state index is 12.4. The topological polar surface area (TPSA) is 87.1 Å². The number of amides is 1. The first kappa shape index (κ1) is 14.3. The summed E-state index contributed by atoms with van der Waals surface area (Å²) < 4.78 is 5.40. The van der Waals surface area contributed by atoms with E-state index in [1.165, 1.54) is 0 Å². The van der Waals surface area contributed by atoms with Crippen LogP contribution in [0.25, 0.3) is 0 Å². The summed E-state index contributed by atoms with van der Waals surface area (Å²) in [6.45, 7) is 2.63. The van der Waals surface area contributed by atoms with Crippen LogP contribution in [0.3, 0.4) is 0 Å². The van der Waals surface area contributed by atoms with E-state index in [1.807, 2.05) is 6.92 Å². The van der Waals surface area contributed by atoms with Gasteiger partial charge in [0.25, 0.3) is 0 Å². The first-order valence-electron chi connectivity index (χ1n) is 6.78. The fourth-order valence-electron chi connectivity index (χ4n) is 2.90. The highest BCUT2D eigenvalue weighted by Crippen LogP contribution is 2.33. The van der Waals surface area contributed by atoms with Gasteiger partial charge in [0.1, 0.15) is 0 Å². The number of hydrogen-bond donors (Lipinski definition) is 2. The van der Waals surface area contributed by atoms with E-state index >= 15 is 0 Å². The molecule has 4 atom stereocenters. The van der Waals surface area contributed by atoms with Gasteiger partial charge in [-0.3, -0.25) is 9.59 Å². The van der Waals surface area contributed by atoms with E-state index in [0.29, 0.717) is 32.4 Å². The molecule has 1 aliphatic heterocycles. The monoisotopic (exact) mass is 271 g/mol. The predicted molar refractivity (Wildman–Crippen MR) is 66.5 cm³/mol. The number of aliphatic hydroxyl groups is 1. The zero-order valence-electron chi connectivity index (χ0n) is 11.1. The van der Waals surface area contributed by atoms with E-state index in [0.717, 1.165) is 0 Å². The van der Waals surface area contributed by atoms with Gasteiger partial charge in [0.05, 0.1) is 31.3 Å². The number of carboxylic acids is 1. The number of hydrogen-bond acceptors (Lipinski definition) is 4. The molecule has 2 fully saturated rings. The summed E-state index contributed by atoms with van der Waals surface area (Å²) in [5.41, 5.74) is 0. The zero-order chi connectivity index (χ0) is 14.0. The number of morpholine rings is 1. The molecule has 1 heterocycles. The normalized spacial score (nSPS) is 35.4. The van der Waals surface area contributed by atoms with Crippen LogP contribution in [-0.2, 0) is 14.3 Å². The second-order valence-electron chi connectivity index (χ2n) is 5.52. The van der Waals surface area contributed by atoms with E-state index in [-0.39, 0.29) is 36.5 Å². The van der Waals surface area contributed by atoms with Crippen LogP contribution in [-0.4, -0.2) is 58.9 Å². The van der Waals surface area contributed by atoms with Gasteiger partial charge in [-0.15, -0.1) is 0 Å². The molecule has 0 aromatic carbocycles. The van der Waals surface area contributed by atoms with Gasteiger partial charge in [0.2, 0.25) is 5.91 Å². The molecular weight excluding hydrogens is 250 g/mol. The molecule has 0 aromatic rings. The second-order valence-corrected chi connectivity index (χ2v) is 5.52. The first-order chi connectivity index (χ1) is 9.02. The number of rotatable bonds is 3. The molecular formula is C13H21NO5. The number of aliphatic carboxylic acids is 1. The molecule has 6 heteroatoms. The SMILES string of the molecule is CC1COC(CO)CN1C(=O)C1CCC(C(=O)O)C1. The van der Waals surface area contributed by atoms with Crippen LogP contribution in [0.15, 0.2) is 0 Å². The smallest absolute Gasteiger partial charge is 0.306 e. The van der Waals surface area contributed by atoms with Gasteiger partial charge in [-0.25, -0.2) is 0 Å². The first-order valence-corrected chi connectivity index (χ1v) is 6.78. The van der Waals surface area contributed by atoms with Crippen molar-refractivity contribution in [2.24, 2.45) is 11.8 Å². The van der Waals surface area contributed by atoms with Crippen LogP contribution in [0.5, 0.6) is 0 Å². The highest BCUT2D eigenvalue weighted by Gasteiger charge is 2.38. The minimum Gasteiger partial charge on any atom is -0.481 e. The number of nitrogens with zero attached hydrogens (tertiary/aromatic N) is 1. The van der Waals surface area contributed by atoms with Crippen LogP contribution < -0.4 is 0 Å². The minimum atomic E-state index is -0.807. The van der Waals surface area contributed by atoms with Gasteiger partial charge in [-0.2, -0.15) is 0 Å². The standard InChI is InChI=1S/C13H21NO5/c1-8-7-19-11(6-15)5-14(8)12(16)9-2-3-10(4-9)13(17)18/h8-11,15H,2-7H2,1H3,(H,17,18). The lowest BCUT2D eigenvalue weighted by Crippen LogP contribution is -2.53. The molecule has 0 radical (unpaired) electrons. The van der Waals surface area contributed by atoms with E-state index < -0.39 is 5.97 Å². The largest absolute Gasteiger partial charge is 0.481 e. The minimum absolute atomic E-state index is 0.0120. The maximum Gasteiger partial charge on any atom is 0.306 e. The molecule has 4 unspecified atom stereocenters. The van der Waals surface area contributed by atoms with Crippen LogP contribution >= 0.6 is 0 Å². The molecule has 1 amide bonds. The van der Waals surface area contributed by atoms with Crippen molar-refractivity contribution < 1.29 is 24.5 Å². The average molecular weight is 271 g/mol. The van der Waals surface area contributed by atoms with Crippen molar-refractivity contribution in [2.45, 2.75) is 38.3 Å². The number of ether oxygens (including phenoxy) is 1. The van der Waals surface area contributed by atoms with Gasteiger partial charge < -0.3 is 19.8 Å². The van der Waals surface area contributed by atoms with E-state index in [9.17, 15) is 9.59 Å². The Morgan fingerprint density at radius 2 is 2.00 bits per heavy atom. The molecule has 1 aliphatic carbocycles. The Labute approximate surface area is 112 Å². The molecule has 0 bridgehead atoms. The quantitative estimate of drug-likeness (QED) is 0.760. The third kappa shape index (κ3) is 3.06. The summed E-state index contributed by atoms with van der Waals surface area (Å²) in [5, 5.41) is 18.1. The molecule has 19 heavy (non-hydrogen) atoms. The lowest BCUT2D eigenvalue weighted by Gasteiger charge is -2.38. The molecule has 1 saturated heterocycles. The number of carbonyl (C=O) groups is 2. The Balaban J connectivity index is 1.97. The fraction of sp³-hybridized carbons (Fsp3) is 0.846. The van der Waals surface area contributed by atoms with Gasteiger partial charge in [-0.1, -0.05) is 0 Å². The summed E-state index contributed by atoms with van der Waals surface area (Å²) in [6, 6.07) is -0.0146. The third-order valence-corrected chi connectivity index (χ3v) is 4.12. The van der Waals surface area contributed by atoms with Crippen molar-refractivity contribution in [2.75, 3.05) is 19.8 Å². The molecule has 0 spiro atoms. The van der Waals surface area contributed by atoms with Gasteiger partial charge in [0.15, 0.2) is 0 Å². The van der Waals surface area contributed by atoms with Crippen molar-refractivity contribution >= 4 is 11.9 Å². The predicted octanol–water partition coefficient (Wildman–Crippen LogP) is 0.0955. The Bertz CT molecular complexity index is 359. The van der Waals surface area contributed by atoms with E-state index in [2.05, 4.69) is 0 Å². The van der Waals surface area contributed by atoms with Gasteiger partial charge in [-0.05, 0) is 26.2 Å². The molecule has 0 aromatic heterocycles. The van der Waals surface area contributed by atoms with Crippen molar-refractivity contribution in [3.63, 3.8) is 0 Å². The summed E-state index contributed by atoms with van der Waals surface area (Å²) in [5.74, 6) is -1.38. The average Bonchev–Trinajstić information content (AvgIpc) is 2.88. The molecule has 1 saturated carbocycles. The van der Waals surface area contributed by atoms with Crippen LogP contribution in [0.2, 0.25) is 0 Å². The number of aliphatic hydroxyl groups excluding tert-OH is 1. The van der Waals surface area contributed by atoms with Crippen LogP contribution in [0.1, 0.15) is 26.2 Å². The number of carboxylic acid groups (broad SMARTS) is 1. The van der Waals surface area contributed by atoms with Crippen LogP contribution in [0, 0.1) is 11.8 Å². The lowest BCUT2D eigenvalue weighted by atomic mass is 10.0. The van der Waals surface area contributed by atoms with Crippen molar-refractivity contribution in [3.05, 3.63) is 0 Å². The summed E-state index contributed by atoms with van der Waals surface area (Å²) in [7, 11) is 0. The Kier molecular flexibility index (Phi) is 4.42. The van der Waals surface area contributed by atoms with Gasteiger partial charge in [0, 0.05) is 12.5 Å². The molecule has 6 nitrogen and oxygen atoms in total. The number of carbonyl (C=O) groups excluding carboxylic acids is 1. The molecule has 108 valence electrons. The van der Waals surface area contributed by atoms with Crippen molar-refractivity contribution in [1.82, 2.24) is 4.90 Å². The molecule has 2 N–H and O–H groups in total. The maximum atomic E-state index is 12.4. The van der Waals surface area contributed by atoms with Crippen molar-refractivity contribution in [1.29, 1.82) is 0 Å². The lowest BCUT2D eigenvalue weighted by molar-refractivity contribution is -0.150. The zero-order valence-corrected chi connectivity index (χ0v) is 11.1. The highest BCUT2D eigenvalue weighted by molar-refractivity contribution is 5.81. The highest BCUT2D eigenvalue weighted by atomic mass is 16.5. The van der Waals surface area contributed by atoms with Crippen molar-refractivity contribution in [3.8, 4) is 0 Å². The summed E-state index contributed by atoms with van der Waals surface area (Å²) >= 11 is 0.